The van der Waals surface area contributed by atoms with Crippen molar-refractivity contribution >= 4 is 42.2 Å². The van der Waals surface area contributed by atoms with Gasteiger partial charge in [0.2, 0.25) is 5.91 Å². The summed E-state index contributed by atoms with van der Waals surface area (Å²) in [4.78, 5) is 31.9. The fraction of sp³-hybridized carbons (Fsp3) is 0.207. The highest BCUT2D eigenvalue weighted by Gasteiger charge is 2.35. The highest BCUT2D eigenvalue weighted by Crippen LogP contribution is 2.27. The molecule has 4 aromatic rings. The average molecular weight is 516 g/mol. The van der Waals surface area contributed by atoms with Crippen LogP contribution in [0.15, 0.2) is 91.0 Å². The number of hydrogen-bond acceptors (Lipinski definition) is 5. The van der Waals surface area contributed by atoms with Crippen LogP contribution in [-0.4, -0.2) is 34.5 Å². The summed E-state index contributed by atoms with van der Waals surface area (Å²) in [6, 6.07) is 28.2. The summed E-state index contributed by atoms with van der Waals surface area (Å²) >= 11 is 0. The topological polar surface area (TPSA) is 80.8 Å². The van der Waals surface area contributed by atoms with Gasteiger partial charge in [0.1, 0.15) is 36.3 Å². The number of carbonyl (C=O) groups is 2. The van der Waals surface area contributed by atoms with Crippen molar-refractivity contribution in [3.05, 3.63) is 102 Å². The predicted octanol–water partition coefficient (Wildman–Crippen LogP) is 5.67. The lowest BCUT2D eigenvalue weighted by Gasteiger charge is -2.23. The number of benzene rings is 3. The van der Waals surface area contributed by atoms with Gasteiger partial charge >= 0.3 is 6.09 Å². The number of rotatable bonds is 7. The predicted molar refractivity (Wildman–Crippen MR) is 148 cm³/mol. The van der Waals surface area contributed by atoms with Gasteiger partial charge in [0.05, 0.1) is 0 Å². The molecule has 1 aromatic heterocycles. The van der Waals surface area contributed by atoms with Crippen molar-refractivity contribution < 1.29 is 19.1 Å². The van der Waals surface area contributed by atoms with E-state index in [1.54, 1.807) is 6.07 Å². The van der Waals surface area contributed by atoms with Crippen molar-refractivity contribution in [2.24, 2.45) is 0 Å². The summed E-state index contributed by atoms with van der Waals surface area (Å²) in [6.07, 6.45) is 0.825. The summed E-state index contributed by atoms with van der Waals surface area (Å²) < 4.78 is 11.5. The first kappa shape index (κ1) is 26.0. The van der Waals surface area contributed by atoms with Crippen LogP contribution in [0.1, 0.15) is 24.0 Å². The lowest BCUT2D eigenvalue weighted by Crippen LogP contribution is -2.43. The van der Waals surface area contributed by atoms with Gasteiger partial charge in [-0.05, 0) is 42.2 Å². The van der Waals surface area contributed by atoms with E-state index in [-0.39, 0.29) is 26.0 Å². The molecule has 2 heterocycles. The Hall–Kier alpha value is -4.04. The van der Waals surface area contributed by atoms with Crippen molar-refractivity contribution in [3.63, 3.8) is 0 Å². The molecule has 7 nitrogen and oxygen atoms in total. The first-order valence-corrected chi connectivity index (χ1v) is 12.0. The minimum atomic E-state index is -0.602. The number of likely N-dealkylation sites (tertiary alicyclic amines) is 1. The van der Waals surface area contributed by atoms with Crippen molar-refractivity contribution in [2.75, 3.05) is 11.9 Å². The molecule has 5 rings (SSSR count). The Kier molecular flexibility index (Phi) is 8.64. The van der Waals surface area contributed by atoms with Crippen molar-refractivity contribution in [3.8, 4) is 5.75 Å². The molecule has 0 spiro atoms. The van der Waals surface area contributed by atoms with E-state index in [1.807, 2.05) is 84.9 Å². The Labute approximate surface area is 222 Å². The van der Waals surface area contributed by atoms with E-state index in [0.29, 0.717) is 36.7 Å². The fourth-order valence-electron chi connectivity index (χ4n) is 4.31. The largest absolute Gasteiger partial charge is 0.487 e. The normalized spacial score (nSPS) is 14.6. The molecule has 1 aliphatic heterocycles. The average Bonchev–Trinajstić information content (AvgIpc) is 3.42. The smallest absolute Gasteiger partial charge is 0.410 e. The van der Waals surface area contributed by atoms with E-state index in [0.717, 1.165) is 22.9 Å². The Morgan fingerprint density at radius 2 is 1.57 bits per heavy atom. The molecule has 3 aromatic carbocycles. The van der Waals surface area contributed by atoms with E-state index < -0.39 is 12.1 Å². The highest BCUT2D eigenvalue weighted by molar-refractivity contribution is 7.59. The molecule has 0 saturated carbocycles. The van der Waals surface area contributed by atoms with Gasteiger partial charge < -0.3 is 14.8 Å². The molecule has 2 amide bonds. The lowest BCUT2D eigenvalue weighted by molar-refractivity contribution is -0.120. The van der Waals surface area contributed by atoms with Crippen molar-refractivity contribution in [1.82, 2.24) is 9.88 Å². The second-order valence-electron chi connectivity index (χ2n) is 8.68. The van der Waals surface area contributed by atoms with Gasteiger partial charge in [-0.1, -0.05) is 72.8 Å². The SMILES string of the molecule is O=C(Nc1ccc2cccc(OCc3ccccc3)c2n1)[C@@H]1CCCN1C(=O)OCc1ccccc1.S. The third kappa shape index (κ3) is 6.40. The Morgan fingerprint density at radius 1 is 0.865 bits per heavy atom. The standard InChI is InChI=1S/C29H27N3O4.H2S/c33-28(24-14-8-18-32(24)29(34)36-20-22-11-5-2-6-12-22)31-26-17-16-23-13-7-15-25(27(23)30-26)35-19-21-9-3-1-4-10-21;/h1-7,9-13,15-17,24H,8,14,18-20H2,(H,30,31,33);1H2/t24-;/m0./s1. The molecular weight excluding hydrogens is 486 g/mol. The molecule has 0 aliphatic carbocycles. The fourth-order valence-corrected chi connectivity index (χ4v) is 4.31. The van der Waals surface area contributed by atoms with Gasteiger partial charge in [-0.3, -0.25) is 9.69 Å². The number of para-hydroxylation sites is 1. The van der Waals surface area contributed by atoms with E-state index in [4.69, 9.17) is 9.47 Å². The molecule has 1 saturated heterocycles. The van der Waals surface area contributed by atoms with Crippen LogP contribution in [0, 0.1) is 0 Å². The van der Waals surface area contributed by atoms with E-state index >= 15 is 0 Å². The van der Waals surface area contributed by atoms with E-state index in [9.17, 15) is 9.59 Å². The van der Waals surface area contributed by atoms with Gasteiger partial charge in [0.15, 0.2) is 0 Å². The molecule has 37 heavy (non-hydrogen) atoms. The molecule has 0 unspecified atom stereocenters. The number of hydrogen-bond donors (Lipinski definition) is 1. The summed E-state index contributed by atoms with van der Waals surface area (Å²) in [5, 5.41) is 3.79. The second-order valence-corrected chi connectivity index (χ2v) is 8.68. The lowest BCUT2D eigenvalue weighted by atomic mass is 10.2. The maximum atomic E-state index is 13.1. The zero-order valence-electron chi connectivity index (χ0n) is 20.3. The maximum Gasteiger partial charge on any atom is 0.410 e. The second kappa shape index (κ2) is 12.3. The summed E-state index contributed by atoms with van der Waals surface area (Å²) in [5.41, 5.74) is 2.62. The molecule has 1 atom stereocenters. The number of pyridine rings is 1. The number of carbonyl (C=O) groups excluding carboxylic acids is 2. The zero-order chi connectivity index (χ0) is 24.7. The minimum absolute atomic E-state index is 0. The van der Waals surface area contributed by atoms with Crippen molar-refractivity contribution in [1.29, 1.82) is 0 Å². The molecule has 8 heteroatoms. The van der Waals surface area contributed by atoms with Crippen LogP contribution in [0.4, 0.5) is 10.6 Å². The number of anilines is 1. The number of nitrogens with zero attached hydrogens (tertiary/aromatic N) is 2. The van der Waals surface area contributed by atoms with Gasteiger partial charge in [-0.15, -0.1) is 0 Å². The summed E-state index contributed by atoms with van der Waals surface area (Å²) in [7, 11) is 0. The van der Waals surface area contributed by atoms with Crippen LogP contribution in [0.3, 0.4) is 0 Å². The molecule has 1 aliphatic rings. The molecule has 190 valence electrons. The number of fused-ring (bicyclic) bond motifs is 1. The molecular formula is C29H29N3O4S. The van der Waals surface area contributed by atoms with Crippen LogP contribution in [-0.2, 0) is 22.7 Å². The molecule has 1 N–H and O–H groups in total. The van der Waals surface area contributed by atoms with Crippen LogP contribution >= 0.6 is 13.5 Å². The Morgan fingerprint density at radius 3 is 2.30 bits per heavy atom. The first-order valence-electron chi connectivity index (χ1n) is 12.0. The van der Waals surface area contributed by atoms with E-state index in [2.05, 4.69) is 10.3 Å². The number of nitrogens with one attached hydrogen (secondary N) is 1. The van der Waals surface area contributed by atoms with E-state index in [1.165, 1.54) is 4.90 Å². The minimum Gasteiger partial charge on any atom is -0.487 e. The molecule has 0 radical (unpaired) electrons. The van der Waals surface area contributed by atoms with Crippen LogP contribution in [0.5, 0.6) is 5.75 Å². The van der Waals surface area contributed by atoms with Gasteiger partial charge in [-0.2, -0.15) is 13.5 Å². The third-order valence-electron chi connectivity index (χ3n) is 6.17. The number of amides is 2. The Balaban J connectivity index is 0.00000320. The van der Waals surface area contributed by atoms with Crippen LogP contribution < -0.4 is 10.1 Å². The Bertz CT molecular complexity index is 1350. The third-order valence-corrected chi connectivity index (χ3v) is 6.17. The highest BCUT2D eigenvalue weighted by atomic mass is 32.1. The first-order chi connectivity index (χ1) is 17.7. The van der Waals surface area contributed by atoms with Gasteiger partial charge in [0, 0.05) is 11.9 Å². The quantitative estimate of drug-likeness (QED) is 0.343. The number of ether oxygens (including phenoxy) is 2. The zero-order valence-corrected chi connectivity index (χ0v) is 21.3. The van der Waals surface area contributed by atoms with Crippen molar-refractivity contribution in [2.45, 2.75) is 32.1 Å². The molecule has 1 fully saturated rings. The molecule has 0 bridgehead atoms. The summed E-state index contributed by atoms with van der Waals surface area (Å²) in [6.45, 7) is 1.07. The van der Waals surface area contributed by atoms with Crippen LogP contribution in [0.2, 0.25) is 0 Å². The number of aromatic nitrogens is 1. The van der Waals surface area contributed by atoms with Gasteiger partial charge in [0.25, 0.3) is 0 Å². The maximum absolute atomic E-state index is 13.1. The summed E-state index contributed by atoms with van der Waals surface area (Å²) in [5.74, 6) is 0.769. The van der Waals surface area contributed by atoms with Crippen LogP contribution in [0.25, 0.3) is 10.9 Å². The van der Waals surface area contributed by atoms with Gasteiger partial charge in [-0.25, -0.2) is 9.78 Å². The monoisotopic (exact) mass is 515 g/mol.